The largest absolute Gasteiger partial charge is 0.296 e. The van der Waals surface area contributed by atoms with Crippen molar-refractivity contribution in [1.29, 1.82) is 0 Å². The number of fused-ring (bicyclic) bond motifs is 1. The Bertz CT molecular complexity index is 636. The Balaban J connectivity index is 2.15. The minimum Gasteiger partial charge on any atom is -0.296 e. The van der Waals surface area contributed by atoms with Gasteiger partial charge in [0.25, 0.3) is 5.56 Å². The molecule has 2 aromatic heterocycles. The minimum atomic E-state index is 0.0207. The predicted molar refractivity (Wildman–Crippen MR) is 71.8 cm³/mol. The van der Waals surface area contributed by atoms with E-state index in [-0.39, 0.29) is 5.56 Å². The van der Waals surface area contributed by atoms with Crippen LogP contribution in [-0.4, -0.2) is 19.5 Å². The van der Waals surface area contributed by atoms with Gasteiger partial charge in [-0.05, 0) is 18.9 Å². The molecule has 0 radical (unpaired) electrons. The molecular weight excluding hydrogens is 240 g/mol. The van der Waals surface area contributed by atoms with Crippen molar-refractivity contribution in [2.24, 2.45) is 0 Å². The highest BCUT2D eigenvalue weighted by Gasteiger charge is 2.18. The molecule has 2 aromatic rings. The van der Waals surface area contributed by atoms with Gasteiger partial charge in [-0.1, -0.05) is 13.3 Å². The van der Waals surface area contributed by atoms with E-state index in [2.05, 4.69) is 21.9 Å². The van der Waals surface area contributed by atoms with Gasteiger partial charge in [-0.15, -0.1) is 0 Å². The van der Waals surface area contributed by atoms with Crippen LogP contribution >= 0.6 is 0 Å². The molecule has 0 amide bonds. The molecule has 98 valence electrons. The van der Waals surface area contributed by atoms with E-state index in [1.54, 1.807) is 18.3 Å². The number of rotatable bonds is 1. The third-order valence-corrected chi connectivity index (χ3v) is 3.59. The highest BCUT2D eigenvalue weighted by Crippen LogP contribution is 2.24. The van der Waals surface area contributed by atoms with Gasteiger partial charge in [-0.3, -0.25) is 9.36 Å². The van der Waals surface area contributed by atoms with Crippen molar-refractivity contribution in [2.45, 2.75) is 38.6 Å². The topological polar surface area (TPSA) is 60.7 Å². The van der Waals surface area contributed by atoms with Gasteiger partial charge in [0, 0.05) is 24.7 Å². The Hall–Kier alpha value is -2.04. The molecule has 0 aliphatic carbocycles. The summed E-state index contributed by atoms with van der Waals surface area (Å²) in [7, 11) is 0. The summed E-state index contributed by atoms with van der Waals surface area (Å²) >= 11 is 0. The zero-order valence-electron chi connectivity index (χ0n) is 10.9. The smallest absolute Gasteiger partial charge is 0.254 e. The van der Waals surface area contributed by atoms with Gasteiger partial charge < -0.3 is 0 Å². The van der Waals surface area contributed by atoms with Crippen LogP contribution in [0.3, 0.4) is 0 Å². The van der Waals surface area contributed by atoms with Crippen molar-refractivity contribution in [1.82, 2.24) is 19.5 Å². The van der Waals surface area contributed by atoms with Gasteiger partial charge in [0.1, 0.15) is 12.2 Å². The number of hydrogen-bond donors (Lipinski definition) is 0. The normalized spacial score (nSPS) is 18.7. The molecule has 0 saturated carbocycles. The molecule has 1 aliphatic heterocycles. The third-order valence-electron chi connectivity index (χ3n) is 3.59. The fourth-order valence-corrected chi connectivity index (χ4v) is 2.55. The predicted octanol–water partition coefficient (Wildman–Crippen LogP) is 1.99. The van der Waals surface area contributed by atoms with Gasteiger partial charge in [-0.25, -0.2) is 15.0 Å². The second kappa shape index (κ2) is 4.91. The van der Waals surface area contributed by atoms with E-state index in [1.165, 1.54) is 6.33 Å². The van der Waals surface area contributed by atoms with E-state index >= 15 is 0 Å². The summed E-state index contributed by atoms with van der Waals surface area (Å²) in [6, 6.07) is 3.35. The second-order valence-electron chi connectivity index (χ2n) is 4.98. The second-order valence-corrected chi connectivity index (χ2v) is 4.98. The number of aromatic nitrogens is 4. The summed E-state index contributed by atoms with van der Waals surface area (Å²) in [6.45, 7) is 2.91. The third kappa shape index (κ3) is 2.28. The highest BCUT2D eigenvalue weighted by atomic mass is 16.1. The lowest BCUT2D eigenvalue weighted by atomic mass is 10.1. The van der Waals surface area contributed by atoms with Crippen LogP contribution in [0, 0.1) is 0 Å². The summed E-state index contributed by atoms with van der Waals surface area (Å²) in [5.41, 5.74) is 1.37. The Kier molecular flexibility index (Phi) is 3.11. The summed E-state index contributed by atoms with van der Waals surface area (Å²) in [4.78, 5) is 24.9. The van der Waals surface area contributed by atoms with Crippen molar-refractivity contribution in [2.75, 3.05) is 0 Å². The molecule has 0 fully saturated rings. The lowest BCUT2D eigenvalue weighted by Crippen LogP contribution is -2.25. The van der Waals surface area contributed by atoms with Gasteiger partial charge in [-0.2, -0.15) is 0 Å². The van der Waals surface area contributed by atoms with E-state index in [1.807, 2.05) is 4.57 Å². The summed E-state index contributed by atoms with van der Waals surface area (Å²) in [6.07, 6.45) is 6.42. The fourth-order valence-electron chi connectivity index (χ4n) is 2.55. The van der Waals surface area contributed by atoms with E-state index < -0.39 is 0 Å². The van der Waals surface area contributed by atoms with E-state index in [4.69, 9.17) is 0 Å². The molecule has 0 N–H and O–H groups in total. The average Bonchev–Trinajstić information content (AvgIpc) is 2.63. The molecule has 3 heterocycles. The molecule has 5 heteroatoms. The number of hydrogen-bond acceptors (Lipinski definition) is 4. The Morgan fingerprint density at radius 2 is 2.21 bits per heavy atom. The molecule has 0 aromatic carbocycles. The molecule has 1 atom stereocenters. The first kappa shape index (κ1) is 12.0. The minimum absolute atomic E-state index is 0.0207. The first-order valence-corrected chi connectivity index (χ1v) is 6.64. The van der Waals surface area contributed by atoms with E-state index in [9.17, 15) is 4.79 Å². The molecule has 1 unspecified atom stereocenters. The zero-order chi connectivity index (χ0) is 13.2. The summed E-state index contributed by atoms with van der Waals surface area (Å²) in [5, 5.41) is 0. The van der Waals surface area contributed by atoms with Crippen LogP contribution in [0.1, 0.15) is 37.9 Å². The maximum atomic E-state index is 12.2. The lowest BCUT2D eigenvalue weighted by Gasteiger charge is -2.14. The van der Waals surface area contributed by atoms with Crippen molar-refractivity contribution >= 4 is 0 Å². The van der Waals surface area contributed by atoms with Gasteiger partial charge in [0.05, 0.1) is 11.4 Å². The maximum Gasteiger partial charge on any atom is 0.254 e. The van der Waals surface area contributed by atoms with E-state index in [0.717, 1.165) is 31.6 Å². The van der Waals surface area contributed by atoms with Crippen LogP contribution < -0.4 is 5.56 Å². The molecule has 3 rings (SSSR count). The van der Waals surface area contributed by atoms with Crippen LogP contribution in [0.15, 0.2) is 29.5 Å². The van der Waals surface area contributed by atoms with Crippen molar-refractivity contribution < 1.29 is 0 Å². The van der Waals surface area contributed by atoms with Crippen LogP contribution in [0.4, 0.5) is 0 Å². The zero-order valence-corrected chi connectivity index (χ0v) is 10.9. The van der Waals surface area contributed by atoms with Crippen molar-refractivity contribution in [3.8, 4) is 11.4 Å². The average molecular weight is 256 g/mol. The quantitative estimate of drug-likeness (QED) is 0.782. The van der Waals surface area contributed by atoms with Crippen LogP contribution in [-0.2, 0) is 6.54 Å². The molecule has 1 aliphatic rings. The van der Waals surface area contributed by atoms with E-state index in [0.29, 0.717) is 17.3 Å². The standard InChI is InChI=1S/C14H16N4O/c1-10-4-2-3-7-18-13(19)8-12(17-14(10)18)11-5-6-15-9-16-11/h5-6,8-10H,2-4,7H2,1H3. The SMILES string of the molecule is CC1CCCCn2c1nc(-c1ccncn1)cc2=O. The van der Waals surface area contributed by atoms with Gasteiger partial charge in [0.15, 0.2) is 0 Å². The van der Waals surface area contributed by atoms with Crippen molar-refractivity contribution in [3.63, 3.8) is 0 Å². The van der Waals surface area contributed by atoms with Gasteiger partial charge in [0.2, 0.25) is 0 Å². The highest BCUT2D eigenvalue weighted by molar-refractivity contribution is 5.52. The molecule has 19 heavy (non-hydrogen) atoms. The first-order chi connectivity index (χ1) is 9.25. The molecule has 0 saturated heterocycles. The molecule has 0 spiro atoms. The van der Waals surface area contributed by atoms with Crippen LogP contribution in [0.25, 0.3) is 11.4 Å². The summed E-state index contributed by atoms with van der Waals surface area (Å²) in [5.74, 6) is 1.20. The monoisotopic (exact) mass is 256 g/mol. The Labute approximate surface area is 111 Å². The summed E-state index contributed by atoms with van der Waals surface area (Å²) < 4.78 is 1.81. The Morgan fingerprint density at radius 3 is 3.00 bits per heavy atom. The lowest BCUT2D eigenvalue weighted by molar-refractivity contribution is 0.607. The number of nitrogens with zero attached hydrogens (tertiary/aromatic N) is 4. The van der Waals surface area contributed by atoms with Crippen LogP contribution in [0.2, 0.25) is 0 Å². The Morgan fingerprint density at radius 1 is 1.32 bits per heavy atom. The first-order valence-electron chi connectivity index (χ1n) is 6.64. The van der Waals surface area contributed by atoms with Crippen molar-refractivity contribution in [3.05, 3.63) is 40.8 Å². The molecule has 0 bridgehead atoms. The molecule has 5 nitrogen and oxygen atoms in total. The molecular formula is C14H16N4O. The van der Waals surface area contributed by atoms with Crippen LogP contribution in [0.5, 0.6) is 0 Å². The fraction of sp³-hybridized carbons (Fsp3) is 0.429. The maximum absolute atomic E-state index is 12.2. The van der Waals surface area contributed by atoms with Gasteiger partial charge >= 0.3 is 0 Å².